The van der Waals surface area contributed by atoms with Crippen molar-refractivity contribution in [3.8, 4) is 0 Å². The maximum absolute atomic E-state index is 4.42. The fraction of sp³-hybridized carbons (Fsp3) is 0.0769. The molecule has 2 nitrogen and oxygen atoms in total. The van der Waals surface area contributed by atoms with E-state index in [1.165, 1.54) is 11.0 Å². The minimum absolute atomic E-state index is 0.794. The molecule has 1 aromatic heterocycles. The van der Waals surface area contributed by atoms with Crippen LogP contribution in [0.15, 0.2) is 47.6 Å². The highest BCUT2D eigenvalue weighted by atomic mass is 14.7. The summed E-state index contributed by atoms with van der Waals surface area (Å²) in [5, 5.41) is 1.18. The summed E-state index contributed by atoms with van der Waals surface area (Å²) < 4.78 is 0. The zero-order valence-corrected chi connectivity index (χ0v) is 8.22. The lowest BCUT2D eigenvalue weighted by Gasteiger charge is -2.01. The van der Waals surface area contributed by atoms with Crippen molar-refractivity contribution in [1.82, 2.24) is 4.98 Å². The lowest BCUT2D eigenvalue weighted by molar-refractivity contribution is 1.29. The Morgan fingerprint density at radius 3 is 2.93 bits per heavy atom. The molecule has 0 spiro atoms. The number of hydrogen-bond acceptors (Lipinski definition) is 2. The molecule has 0 N–H and O–H groups in total. The van der Waals surface area contributed by atoms with Gasteiger partial charge in [0.05, 0.1) is 12.1 Å². The fourth-order valence-corrected chi connectivity index (χ4v) is 1.78. The van der Waals surface area contributed by atoms with Gasteiger partial charge < -0.3 is 0 Å². The Kier molecular flexibility index (Phi) is 1.85. The molecule has 0 unspecified atom stereocenters. The Balaban J connectivity index is 2.17. The van der Waals surface area contributed by atoms with Crippen molar-refractivity contribution in [3.05, 3.63) is 48.2 Å². The molecule has 2 aromatic rings. The maximum Gasteiger partial charge on any atom is 0.0702 e. The minimum Gasteiger partial charge on any atom is -0.288 e. The third kappa shape index (κ3) is 1.44. The highest BCUT2D eigenvalue weighted by Crippen LogP contribution is 2.19. The Hall–Kier alpha value is -1.96. The molecule has 2 heterocycles. The van der Waals surface area contributed by atoms with Gasteiger partial charge in [-0.25, -0.2) is 0 Å². The zero-order chi connectivity index (χ0) is 10.1. The summed E-state index contributed by atoms with van der Waals surface area (Å²) in [6, 6.07) is 10.3. The molecule has 72 valence electrons. The molecule has 1 aromatic carbocycles. The number of fused-ring (bicyclic) bond motifs is 1. The van der Waals surface area contributed by atoms with E-state index in [4.69, 9.17) is 0 Å². The van der Waals surface area contributed by atoms with Gasteiger partial charge in [-0.3, -0.25) is 9.98 Å². The van der Waals surface area contributed by atoms with Crippen LogP contribution in [0.1, 0.15) is 5.56 Å². The summed E-state index contributed by atoms with van der Waals surface area (Å²) in [6.45, 7) is 0.794. The van der Waals surface area contributed by atoms with Crippen molar-refractivity contribution in [2.45, 2.75) is 0 Å². The summed E-state index contributed by atoms with van der Waals surface area (Å²) >= 11 is 0. The molecule has 0 bridgehead atoms. The van der Waals surface area contributed by atoms with Gasteiger partial charge in [-0.1, -0.05) is 24.3 Å². The number of aromatic nitrogens is 1. The topological polar surface area (TPSA) is 25.2 Å². The summed E-state index contributed by atoms with van der Waals surface area (Å²) in [5.41, 5.74) is 3.36. The molecule has 0 radical (unpaired) electrons. The molecular weight excluding hydrogens is 184 g/mol. The molecule has 15 heavy (non-hydrogen) atoms. The summed E-state index contributed by atoms with van der Waals surface area (Å²) in [5.74, 6) is 0. The standard InChI is InChI=1S/C13H10N2/c1-2-4-13-10(3-1)7-12(9-15-13)11-5-6-14-8-11/h1-5,7-9H,6H2. The Labute approximate surface area is 88.0 Å². The Bertz CT molecular complexity index is 568. The van der Waals surface area contributed by atoms with Crippen LogP contribution >= 0.6 is 0 Å². The van der Waals surface area contributed by atoms with E-state index < -0.39 is 0 Å². The van der Waals surface area contributed by atoms with Gasteiger partial charge in [0.2, 0.25) is 0 Å². The predicted molar refractivity (Wildman–Crippen MR) is 63.1 cm³/mol. The largest absolute Gasteiger partial charge is 0.288 e. The molecule has 0 fully saturated rings. The van der Waals surface area contributed by atoms with Gasteiger partial charge in [0.1, 0.15) is 0 Å². The first-order valence-corrected chi connectivity index (χ1v) is 4.99. The van der Waals surface area contributed by atoms with E-state index in [-0.39, 0.29) is 0 Å². The SMILES string of the molecule is C1=NCC=C1c1cnc2ccccc2c1. The number of hydrogen-bond donors (Lipinski definition) is 0. The van der Waals surface area contributed by atoms with Crippen molar-refractivity contribution in [2.24, 2.45) is 4.99 Å². The normalized spacial score (nSPS) is 14.5. The van der Waals surface area contributed by atoms with Crippen molar-refractivity contribution >= 4 is 22.7 Å². The van der Waals surface area contributed by atoms with E-state index in [9.17, 15) is 0 Å². The number of pyridine rings is 1. The van der Waals surface area contributed by atoms with E-state index in [2.05, 4.69) is 28.2 Å². The third-order valence-corrected chi connectivity index (χ3v) is 2.57. The van der Waals surface area contributed by atoms with Crippen LogP contribution in [0.5, 0.6) is 0 Å². The summed E-state index contributed by atoms with van der Waals surface area (Å²) in [7, 11) is 0. The number of aliphatic imine (C=N–C) groups is 1. The first kappa shape index (κ1) is 8.36. The number of benzene rings is 1. The average Bonchev–Trinajstić information content (AvgIpc) is 2.82. The Morgan fingerprint density at radius 2 is 2.07 bits per heavy atom. The van der Waals surface area contributed by atoms with Gasteiger partial charge in [0.25, 0.3) is 0 Å². The van der Waals surface area contributed by atoms with Crippen molar-refractivity contribution in [2.75, 3.05) is 6.54 Å². The average molecular weight is 194 g/mol. The van der Waals surface area contributed by atoms with E-state index in [0.717, 1.165) is 17.6 Å². The molecule has 2 heteroatoms. The Morgan fingerprint density at radius 1 is 1.13 bits per heavy atom. The first-order valence-electron chi connectivity index (χ1n) is 4.99. The van der Waals surface area contributed by atoms with Crippen LogP contribution < -0.4 is 0 Å². The van der Waals surface area contributed by atoms with Crippen LogP contribution in [0.2, 0.25) is 0 Å². The molecule has 1 aliphatic rings. The van der Waals surface area contributed by atoms with Crippen LogP contribution in [-0.4, -0.2) is 17.7 Å². The van der Waals surface area contributed by atoms with Crippen LogP contribution in [0.3, 0.4) is 0 Å². The second-order valence-electron chi connectivity index (χ2n) is 3.57. The van der Waals surface area contributed by atoms with Crippen LogP contribution in [-0.2, 0) is 0 Å². The summed E-state index contributed by atoms with van der Waals surface area (Å²) in [4.78, 5) is 8.60. The van der Waals surface area contributed by atoms with Gasteiger partial charge in [0.15, 0.2) is 0 Å². The molecule has 3 rings (SSSR count). The van der Waals surface area contributed by atoms with Crippen LogP contribution in [0.4, 0.5) is 0 Å². The van der Waals surface area contributed by atoms with E-state index in [0.29, 0.717) is 0 Å². The van der Waals surface area contributed by atoms with Gasteiger partial charge in [0, 0.05) is 23.4 Å². The van der Waals surface area contributed by atoms with Crippen molar-refractivity contribution < 1.29 is 0 Å². The molecule has 0 atom stereocenters. The van der Waals surface area contributed by atoms with Gasteiger partial charge in [-0.2, -0.15) is 0 Å². The smallest absolute Gasteiger partial charge is 0.0702 e. The molecule has 1 aliphatic heterocycles. The van der Waals surface area contributed by atoms with Crippen molar-refractivity contribution in [3.63, 3.8) is 0 Å². The van der Waals surface area contributed by atoms with Gasteiger partial charge >= 0.3 is 0 Å². The highest BCUT2D eigenvalue weighted by Gasteiger charge is 2.03. The van der Waals surface area contributed by atoms with E-state index in [1.807, 2.05) is 30.6 Å². The third-order valence-electron chi connectivity index (χ3n) is 2.57. The van der Waals surface area contributed by atoms with Crippen LogP contribution in [0.25, 0.3) is 16.5 Å². The molecule has 0 aliphatic carbocycles. The number of para-hydroxylation sites is 1. The molecule has 0 amide bonds. The molecule has 0 saturated carbocycles. The minimum atomic E-state index is 0.794. The summed E-state index contributed by atoms with van der Waals surface area (Å²) in [6.07, 6.45) is 5.93. The number of allylic oxidation sites excluding steroid dienone is 1. The predicted octanol–water partition coefficient (Wildman–Crippen LogP) is 2.70. The van der Waals surface area contributed by atoms with E-state index >= 15 is 0 Å². The fourth-order valence-electron chi connectivity index (χ4n) is 1.78. The zero-order valence-electron chi connectivity index (χ0n) is 8.22. The quantitative estimate of drug-likeness (QED) is 0.685. The van der Waals surface area contributed by atoms with Gasteiger partial charge in [-0.15, -0.1) is 0 Å². The highest BCUT2D eigenvalue weighted by molar-refractivity contribution is 6.12. The number of rotatable bonds is 1. The lowest BCUT2D eigenvalue weighted by Crippen LogP contribution is -1.86. The monoisotopic (exact) mass is 194 g/mol. The van der Waals surface area contributed by atoms with Gasteiger partial charge in [-0.05, 0) is 17.7 Å². The second-order valence-corrected chi connectivity index (χ2v) is 3.57. The molecule has 0 saturated heterocycles. The maximum atomic E-state index is 4.42. The first-order chi connectivity index (χ1) is 7.43. The number of nitrogens with zero attached hydrogens (tertiary/aromatic N) is 2. The van der Waals surface area contributed by atoms with Crippen LogP contribution in [0, 0.1) is 0 Å². The second kappa shape index (κ2) is 3.31. The lowest BCUT2D eigenvalue weighted by atomic mass is 10.1. The van der Waals surface area contributed by atoms with E-state index in [1.54, 1.807) is 0 Å². The molecular formula is C13H10N2. The van der Waals surface area contributed by atoms with Crippen molar-refractivity contribution in [1.29, 1.82) is 0 Å².